The van der Waals surface area contributed by atoms with Crippen molar-refractivity contribution in [1.82, 2.24) is 4.90 Å². The van der Waals surface area contributed by atoms with Crippen molar-refractivity contribution in [3.63, 3.8) is 0 Å². The van der Waals surface area contributed by atoms with Crippen molar-refractivity contribution in [3.8, 4) is 5.75 Å². The summed E-state index contributed by atoms with van der Waals surface area (Å²) in [6.07, 6.45) is 1.11. The van der Waals surface area contributed by atoms with Gasteiger partial charge in [0.25, 0.3) is 0 Å². The van der Waals surface area contributed by atoms with Gasteiger partial charge in [-0.3, -0.25) is 4.90 Å². The number of hydrogen-bond donors (Lipinski definition) is 1. The standard InChI is InChI=1S/C14H20BrNO3/c1-18-12-6-11(9-17)16(8-12)7-10-3-4-14(19-2)13(15)5-10/h3-5,11-12,17H,6-9H2,1-2H3/t11-,12-/m0/s1. The van der Waals surface area contributed by atoms with Gasteiger partial charge in [0.1, 0.15) is 5.75 Å². The molecule has 19 heavy (non-hydrogen) atoms. The van der Waals surface area contributed by atoms with Gasteiger partial charge < -0.3 is 14.6 Å². The van der Waals surface area contributed by atoms with E-state index in [0.29, 0.717) is 0 Å². The van der Waals surface area contributed by atoms with Gasteiger partial charge in [0, 0.05) is 26.2 Å². The van der Waals surface area contributed by atoms with Crippen molar-refractivity contribution in [2.45, 2.75) is 25.1 Å². The predicted octanol–water partition coefficient (Wildman–Crippen LogP) is 2.04. The first kappa shape index (κ1) is 14.8. The molecule has 106 valence electrons. The van der Waals surface area contributed by atoms with Crippen LogP contribution in [-0.4, -0.2) is 49.5 Å². The number of benzene rings is 1. The summed E-state index contributed by atoms with van der Waals surface area (Å²) in [6.45, 7) is 1.86. The average molecular weight is 330 g/mol. The first-order chi connectivity index (χ1) is 9.17. The molecule has 0 unspecified atom stereocenters. The fraction of sp³-hybridized carbons (Fsp3) is 0.571. The van der Waals surface area contributed by atoms with Crippen LogP contribution in [0.15, 0.2) is 22.7 Å². The first-order valence-electron chi connectivity index (χ1n) is 6.38. The van der Waals surface area contributed by atoms with E-state index >= 15 is 0 Å². The quantitative estimate of drug-likeness (QED) is 0.897. The highest BCUT2D eigenvalue weighted by Gasteiger charge is 2.31. The Hall–Kier alpha value is -0.620. The summed E-state index contributed by atoms with van der Waals surface area (Å²) in [5, 5.41) is 9.44. The summed E-state index contributed by atoms with van der Waals surface area (Å²) < 4.78 is 11.6. The van der Waals surface area contributed by atoms with Gasteiger partial charge in [-0.05, 0) is 40.0 Å². The number of likely N-dealkylation sites (tertiary alicyclic amines) is 1. The van der Waals surface area contributed by atoms with Crippen LogP contribution in [0.3, 0.4) is 0 Å². The van der Waals surface area contributed by atoms with E-state index in [0.717, 1.165) is 29.7 Å². The van der Waals surface area contributed by atoms with Gasteiger partial charge in [-0.2, -0.15) is 0 Å². The van der Waals surface area contributed by atoms with Gasteiger partial charge in [0.05, 0.1) is 24.3 Å². The van der Waals surface area contributed by atoms with Crippen LogP contribution in [0, 0.1) is 0 Å². The molecule has 4 nitrogen and oxygen atoms in total. The van der Waals surface area contributed by atoms with Crippen LogP contribution < -0.4 is 4.74 Å². The first-order valence-corrected chi connectivity index (χ1v) is 7.17. The summed E-state index contributed by atoms with van der Waals surface area (Å²) >= 11 is 3.50. The third-order valence-electron chi connectivity index (χ3n) is 3.64. The molecule has 0 aliphatic carbocycles. The van der Waals surface area contributed by atoms with Crippen LogP contribution in [0.5, 0.6) is 5.75 Å². The second-order valence-electron chi connectivity index (χ2n) is 4.83. The molecule has 0 amide bonds. The number of methoxy groups -OCH3 is 2. The van der Waals surface area contributed by atoms with E-state index in [4.69, 9.17) is 9.47 Å². The van der Waals surface area contributed by atoms with Crippen LogP contribution in [0.25, 0.3) is 0 Å². The monoisotopic (exact) mass is 329 g/mol. The third-order valence-corrected chi connectivity index (χ3v) is 4.26. The van der Waals surface area contributed by atoms with Crippen LogP contribution in [0.1, 0.15) is 12.0 Å². The molecule has 0 radical (unpaired) electrons. The highest BCUT2D eigenvalue weighted by molar-refractivity contribution is 9.10. The van der Waals surface area contributed by atoms with E-state index in [1.165, 1.54) is 5.56 Å². The second kappa shape index (κ2) is 6.70. The number of rotatable bonds is 5. The molecule has 1 aromatic carbocycles. The van der Waals surface area contributed by atoms with E-state index < -0.39 is 0 Å². The molecule has 0 spiro atoms. The van der Waals surface area contributed by atoms with E-state index in [1.54, 1.807) is 14.2 Å². The summed E-state index contributed by atoms with van der Waals surface area (Å²) in [5.74, 6) is 0.832. The zero-order chi connectivity index (χ0) is 13.8. The minimum atomic E-state index is 0.178. The van der Waals surface area contributed by atoms with Crippen molar-refractivity contribution < 1.29 is 14.6 Å². The average Bonchev–Trinajstić information content (AvgIpc) is 2.81. The SMILES string of the molecule is COc1ccc(CN2C[C@@H](OC)C[C@H]2CO)cc1Br. The Labute approximate surface area is 122 Å². The van der Waals surface area contributed by atoms with Crippen LogP contribution in [-0.2, 0) is 11.3 Å². The Morgan fingerprint density at radius 3 is 2.79 bits per heavy atom. The molecule has 2 atom stereocenters. The largest absolute Gasteiger partial charge is 0.496 e. The molecule has 1 aromatic rings. The lowest BCUT2D eigenvalue weighted by atomic mass is 10.2. The molecule has 5 heteroatoms. The lowest BCUT2D eigenvalue weighted by Gasteiger charge is -2.22. The molecule has 0 bridgehead atoms. The van der Waals surface area contributed by atoms with E-state index in [-0.39, 0.29) is 18.8 Å². The molecule has 1 aliphatic heterocycles. The zero-order valence-corrected chi connectivity index (χ0v) is 12.9. The Morgan fingerprint density at radius 2 is 2.21 bits per heavy atom. The van der Waals surface area contributed by atoms with E-state index in [2.05, 4.69) is 33.0 Å². The van der Waals surface area contributed by atoms with Crippen LogP contribution in [0.4, 0.5) is 0 Å². The van der Waals surface area contributed by atoms with Crippen molar-refractivity contribution in [3.05, 3.63) is 28.2 Å². The van der Waals surface area contributed by atoms with Crippen molar-refractivity contribution in [2.75, 3.05) is 27.4 Å². The lowest BCUT2D eigenvalue weighted by molar-refractivity contribution is 0.107. The van der Waals surface area contributed by atoms with Crippen molar-refractivity contribution in [1.29, 1.82) is 0 Å². The minimum Gasteiger partial charge on any atom is -0.496 e. The molecular formula is C14H20BrNO3. The molecular weight excluding hydrogens is 310 g/mol. The highest BCUT2D eigenvalue weighted by Crippen LogP contribution is 2.28. The maximum absolute atomic E-state index is 9.44. The number of nitrogens with zero attached hydrogens (tertiary/aromatic N) is 1. The Kier molecular flexibility index (Phi) is 5.21. The smallest absolute Gasteiger partial charge is 0.133 e. The molecule has 2 rings (SSSR count). The lowest BCUT2D eigenvalue weighted by Crippen LogP contribution is -2.31. The van der Waals surface area contributed by atoms with E-state index in [9.17, 15) is 5.11 Å². The van der Waals surface area contributed by atoms with Crippen molar-refractivity contribution >= 4 is 15.9 Å². The highest BCUT2D eigenvalue weighted by atomic mass is 79.9. The molecule has 1 fully saturated rings. The molecule has 1 aliphatic rings. The maximum Gasteiger partial charge on any atom is 0.133 e. The van der Waals surface area contributed by atoms with Crippen LogP contribution in [0.2, 0.25) is 0 Å². The zero-order valence-electron chi connectivity index (χ0n) is 11.3. The summed E-state index contributed by atoms with van der Waals surface area (Å²) in [5.41, 5.74) is 1.20. The molecule has 1 saturated heterocycles. The summed E-state index contributed by atoms with van der Waals surface area (Å²) in [4.78, 5) is 2.27. The summed E-state index contributed by atoms with van der Waals surface area (Å²) in [6, 6.07) is 6.26. The maximum atomic E-state index is 9.44. The van der Waals surface area contributed by atoms with Crippen molar-refractivity contribution in [2.24, 2.45) is 0 Å². The minimum absolute atomic E-state index is 0.178. The van der Waals surface area contributed by atoms with Crippen LogP contribution >= 0.6 is 15.9 Å². The Balaban J connectivity index is 2.06. The van der Waals surface area contributed by atoms with E-state index in [1.807, 2.05) is 6.07 Å². The number of hydrogen-bond acceptors (Lipinski definition) is 4. The van der Waals surface area contributed by atoms with Gasteiger partial charge in [-0.1, -0.05) is 6.07 Å². The Bertz CT molecular complexity index is 427. The van der Waals surface area contributed by atoms with Gasteiger partial charge in [0.2, 0.25) is 0 Å². The molecule has 0 aromatic heterocycles. The normalized spacial score (nSPS) is 23.8. The molecule has 0 saturated carbocycles. The summed E-state index contributed by atoms with van der Waals surface area (Å²) in [7, 11) is 3.39. The van der Waals surface area contributed by atoms with Gasteiger partial charge in [-0.25, -0.2) is 0 Å². The predicted molar refractivity (Wildman–Crippen MR) is 77.4 cm³/mol. The number of halogens is 1. The van der Waals surface area contributed by atoms with Gasteiger partial charge in [-0.15, -0.1) is 0 Å². The van der Waals surface area contributed by atoms with Gasteiger partial charge >= 0.3 is 0 Å². The number of ether oxygens (including phenoxy) is 2. The molecule has 1 N–H and O–H groups in total. The fourth-order valence-electron chi connectivity index (χ4n) is 2.53. The van der Waals surface area contributed by atoms with Gasteiger partial charge in [0.15, 0.2) is 0 Å². The number of aliphatic hydroxyl groups excluding tert-OH is 1. The third kappa shape index (κ3) is 3.48. The fourth-order valence-corrected chi connectivity index (χ4v) is 3.12. The second-order valence-corrected chi connectivity index (χ2v) is 5.68. The molecule has 1 heterocycles. The topological polar surface area (TPSA) is 41.9 Å². The number of aliphatic hydroxyl groups is 1. The Morgan fingerprint density at radius 1 is 1.42 bits per heavy atom.